The Kier molecular flexibility index (Phi) is 5.68. The summed E-state index contributed by atoms with van der Waals surface area (Å²) in [5, 5.41) is 3.59. The third-order valence-corrected chi connectivity index (χ3v) is 4.59. The molecule has 0 radical (unpaired) electrons. The first-order valence-corrected chi connectivity index (χ1v) is 8.93. The highest BCUT2D eigenvalue weighted by Gasteiger charge is 2.23. The predicted molar refractivity (Wildman–Crippen MR) is 102 cm³/mol. The molecule has 0 unspecified atom stereocenters. The van der Waals surface area contributed by atoms with E-state index in [-0.39, 0.29) is 12.1 Å². The summed E-state index contributed by atoms with van der Waals surface area (Å²) in [4.78, 5) is 22.7. The van der Waals surface area contributed by atoms with Crippen LogP contribution in [0.15, 0.2) is 12.1 Å². The van der Waals surface area contributed by atoms with Crippen LogP contribution in [0.1, 0.15) is 19.8 Å². The van der Waals surface area contributed by atoms with Gasteiger partial charge in [0, 0.05) is 30.6 Å². The molecule has 1 saturated heterocycles. The smallest absolute Gasteiger partial charge is 0.407 e. The van der Waals surface area contributed by atoms with Crippen LogP contribution in [-0.4, -0.2) is 56.0 Å². The van der Waals surface area contributed by atoms with Crippen LogP contribution in [-0.2, 0) is 4.74 Å². The van der Waals surface area contributed by atoms with Crippen molar-refractivity contribution >= 4 is 28.8 Å². The van der Waals surface area contributed by atoms with Crippen LogP contribution in [0, 0.1) is 0 Å². The second-order valence-electron chi connectivity index (χ2n) is 6.26. The number of alkyl carbamates (subject to hydrolysis) is 1. The maximum atomic E-state index is 11.6. The van der Waals surface area contributed by atoms with Crippen LogP contribution in [0.2, 0.25) is 0 Å². The number of carbonyl (C=O) groups excluding carboxylic acids is 1. The first-order valence-electron chi connectivity index (χ1n) is 8.93. The molecule has 3 rings (SSSR count). The number of rotatable bonds is 5. The number of fused-ring (bicyclic) bond motifs is 1. The van der Waals surface area contributed by atoms with E-state index in [1.54, 1.807) is 33.3 Å². The summed E-state index contributed by atoms with van der Waals surface area (Å²) >= 11 is 0. The van der Waals surface area contributed by atoms with Gasteiger partial charge in [-0.05, 0) is 25.8 Å². The van der Waals surface area contributed by atoms with E-state index in [9.17, 15) is 4.79 Å². The highest BCUT2D eigenvalue weighted by molar-refractivity contribution is 5.91. The maximum absolute atomic E-state index is 11.6. The van der Waals surface area contributed by atoms with E-state index in [0.717, 1.165) is 31.3 Å². The van der Waals surface area contributed by atoms with Gasteiger partial charge in [-0.25, -0.2) is 9.78 Å². The van der Waals surface area contributed by atoms with E-state index < -0.39 is 0 Å². The number of carbonyl (C=O) groups is 1. The average Bonchev–Trinajstić information content (AvgIpc) is 2.67. The van der Waals surface area contributed by atoms with Gasteiger partial charge in [-0.15, -0.1) is 0 Å². The van der Waals surface area contributed by atoms with Gasteiger partial charge >= 0.3 is 6.09 Å². The summed E-state index contributed by atoms with van der Waals surface area (Å²) in [5.41, 5.74) is 6.85. The number of methoxy groups -OCH3 is 2. The Labute approximate surface area is 157 Å². The van der Waals surface area contributed by atoms with Gasteiger partial charge in [-0.2, -0.15) is 4.98 Å². The Morgan fingerprint density at radius 2 is 1.89 bits per heavy atom. The molecular weight excluding hydrogens is 350 g/mol. The number of nitrogens with two attached hydrogens (primary N) is 1. The van der Waals surface area contributed by atoms with E-state index in [2.05, 4.69) is 20.2 Å². The van der Waals surface area contributed by atoms with Crippen molar-refractivity contribution in [3.63, 3.8) is 0 Å². The fourth-order valence-electron chi connectivity index (χ4n) is 3.17. The molecule has 3 N–H and O–H groups in total. The lowest BCUT2D eigenvalue weighted by molar-refractivity contribution is 0.146. The van der Waals surface area contributed by atoms with E-state index in [4.69, 9.17) is 19.9 Å². The Morgan fingerprint density at radius 3 is 2.52 bits per heavy atom. The van der Waals surface area contributed by atoms with Crippen molar-refractivity contribution in [2.24, 2.45) is 0 Å². The molecule has 1 aromatic carbocycles. The lowest BCUT2D eigenvalue weighted by Crippen LogP contribution is -2.45. The third-order valence-electron chi connectivity index (χ3n) is 4.59. The molecule has 0 saturated carbocycles. The van der Waals surface area contributed by atoms with Gasteiger partial charge in [-0.3, -0.25) is 0 Å². The number of anilines is 2. The topological polar surface area (TPSA) is 112 Å². The molecule has 2 heterocycles. The van der Waals surface area contributed by atoms with Gasteiger partial charge in [0.05, 0.1) is 26.3 Å². The number of aromatic nitrogens is 2. The predicted octanol–water partition coefficient (Wildman–Crippen LogP) is 1.94. The highest BCUT2D eigenvalue weighted by atomic mass is 16.5. The molecule has 0 atom stereocenters. The fraction of sp³-hybridized carbons (Fsp3) is 0.500. The average molecular weight is 375 g/mol. The minimum Gasteiger partial charge on any atom is -0.493 e. The molecule has 1 aliphatic heterocycles. The van der Waals surface area contributed by atoms with E-state index in [1.165, 1.54) is 0 Å². The molecule has 1 amide bonds. The van der Waals surface area contributed by atoms with Gasteiger partial charge in [0.2, 0.25) is 5.95 Å². The summed E-state index contributed by atoms with van der Waals surface area (Å²) in [6.45, 7) is 3.59. The van der Waals surface area contributed by atoms with Crippen molar-refractivity contribution in [1.29, 1.82) is 0 Å². The van der Waals surface area contributed by atoms with Crippen molar-refractivity contribution in [3.05, 3.63) is 12.1 Å². The van der Waals surface area contributed by atoms with E-state index in [1.807, 2.05) is 0 Å². The summed E-state index contributed by atoms with van der Waals surface area (Å²) in [5.74, 6) is 2.13. The summed E-state index contributed by atoms with van der Waals surface area (Å²) in [6.07, 6.45) is 1.20. The molecule has 0 bridgehead atoms. The Balaban J connectivity index is 1.77. The SMILES string of the molecule is CCOC(=O)NC1CCN(c2nc(N)c3cc(OC)c(OC)cc3n2)CC1. The summed E-state index contributed by atoms with van der Waals surface area (Å²) < 4.78 is 15.6. The van der Waals surface area contributed by atoms with Crippen LogP contribution in [0.25, 0.3) is 10.9 Å². The number of benzene rings is 1. The minimum atomic E-state index is -0.372. The molecule has 146 valence electrons. The third kappa shape index (κ3) is 4.07. The number of ether oxygens (including phenoxy) is 3. The molecule has 9 heteroatoms. The number of nitrogens with one attached hydrogen (secondary N) is 1. The summed E-state index contributed by atoms with van der Waals surface area (Å²) in [7, 11) is 3.15. The van der Waals surface area contributed by atoms with E-state index in [0.29, 0.717) is 35.4 Å². The van der Waals surface area contributed by atoms with Crippen molar-refractivity contribution < 1.29 is 19.0 Å². The van der Waals surface area contributed by atoms with Crippen LogP contribution < -0.4 is 25.4 Å². The first kappa shape index (κ1) is 18.8. The first-order chi connectivity index (χ1) is 13.0. The summed E-state index contributed by atoms with van der Waals surface area (Å²) in [6, 6.07) is 3.66. The zero-order valence-corrected chi connectivity index (χ0v) is 15.8. The molecule has 0 aliphatic carbocycles. The molecular formula is C18H25N5O4. The van der Waals surface area contributed by atoms with Crippen LogP contribution in [0.3, 0.4) is 0 Å². The Hall–Kier alpha value is -2.97. The molecule has 2 aromatic rings. The van der Waals surface area contributed by atoms with Gasteiger partial charge in [0.1, 0.15) is 5.82 Å². The van der Waals surface area contributed by atoms with Crippen molar-refractivity contribution in [1.82, 2.24) is 15.3 Å². The Morgan fingerprint density at radius 1 is 1.22 bits per heavy atom. The molecule has 1 aliphatic rings. The number of hydrogen-bond donors (Lipinski definition) is 2. The lowest BCUT2D eigenvalue weighted by Gasteiger charge is -2.32. The van der Waals surface area contributed by atoms with Crippen molar-refractivity contribution in [3.8, 4) is 11.5 Å². The van der Waals surface area contributed by atoms with Crippen molar-refractivity contribution in [2.75, 3.05) is 44.5 Å². The monoisotopic (exact) mass is 375 g/mol. The van der Waals surface area contributed by atoms with Gasteiger partial charge in [-0.1, -0.05) is 0 Å². The van der Waals surface area contributed by atoms with Gasteiger partial charge in [0.25, 0.3) is 0 Å². The highest BCUT2D eigenvalue weighted by Crippen LogP contribution is 2.34. The molecule has 27 heavy (non-hydrogen) atoms. The largest absolute Gasteiger partial charge is 0.493 e. The zero-order chi connectivity index (χ0) is 19.4. The fourth-order valence-corrected chi connectivity index (χ4v) is 3.17. The zero-order valence-electron chi connectivity index (χ0n) is 15.8. The second-order valence-corrected chi connectivity index (χ2v) is 6.26. The molecule has 1 fully saturated rings. The minimum absolute atomic E-state index is 0.0856. The normalized spacial score (nSPS) is 14.9. The number of piperidine rings is 1. The maximum Gasteiger partial charge on any atom is 0.407 e. The number of nitrogens with zero attached hydrogens (tertiary/aromatic N) is 3. The second kappa shape index (κ2) is 8.15. The van der Waals surface area contributed by atoms with Gasteiger partial charge in [0.15, 0.2) is 11.5 Å². The van der Waals surface area contributed by atoms with E-state index >= 15 is 0 Å². The molecule has 1 aromatic heterocycles. The van der Waals surface area contributed by atoms with Gasteiger partial charge < -0.3 is 30.2 Å². The lowest BCUT2D eigenvalue weighted by atomic mass is 10.1. The van der Waals surface area contributed by atoms with Crippen LogP contribution in [0.4, 0.5) is 16.6 Å². The van der Waals surface area contributed by atoms with Crippen LogP contribution in [0.5, 0.6) is 11.5 Å². The number of hydrogen-bond acceptors (Lipinski definition) is 8. The molecule has 9 nitrogen and oxygen atoms in total. The standard InChI is InChI=1S/C18H25N5O4/c1-4-27-18(24)20-11-5-7-23(8-6-11)17-21-13-10-15(26-3)14(25-2)9-12(13)16(19)22-17/h9-11H,4-8H2,1-3H3,(H,20,24)(H2,19,21,22). The van der Waals surface area contributed by atoms with Crippen LogP contribution >= 0.6 is 0 Å². The van der Waals surface area contributed by atoms with Crippen molar-refractivity contribution in [2.45, 2.75) is 25.8 Å². The number of amides is 1. The quantitative estimate of drug-likeness (QED) is 0.815. The molecule has 0 spiro atoms. The number of nitrogen functional groups attached to an aromatic ring is 1. The Bertz CT molecular complexity index is 821.